The summed E-state index contributed by atoms with van der Waals surface area (Å²) in [5.74, 6) is 1.34. The first-order valence-electron chi connectivity index (χ1n) is 9.82. The van der Waals surface area contributed by atoms with Crippen LogP contribution >= 0.6 is 0 Å². The van der Waals surface area contributed by atoms with E-state index >= 15 is 0 Å². The number of carbonyl (C=O) groups excluding carboxylic acids is 1. The van der Waals surface area contributed by atoms with Crippen LogP contribution in [-0.2, 0) is 9.53 Å². The van der Waals surface area contributed by atoms with Crippen LogP contribution in [0.3, 0.4) is 0 Å². The monoisotopic (exact) mass is 397 g/mol. The number of amides is 1. The van der Waals surface area contributed by atoms with Gasteiger partial charge in [-0.25, -0.2) is 14.4 Å². The molecule has 2 aliphatic heterocycles. The lowest BCUT2D eigenvalue weighted by atomic mass is 10.2. The number of rotatable bonds is 4. The molecule has 2 aromatic rings. The molecule has 7 nitrogen and oxygen atoms in total. The summed E-state index contributed by atoms with van der Waals surface area (Å²) in [7, 11) is 0. The van der Waals surface area contributed by atoms with Gasteiger partial charge in [-0.2, -0.15) is 0 Å². The molecule has 0 radical (unpaired) electrons. The number of benzene rings is 1. The first kappa shape index (κ1) is 19.3. The summed E-state index contributed by atoms with van der Waals surface area (Å²) in [5.41, 5.74) is 0.413. The number of carbonyl (C=O) groups is 1. The van der Waals surface area contributed by atoms with Crippen molar-refractivity contribution in [1.29, 1.82) is 0 Å². The van der Waals surface area contributed by atoms with Crippen LogP contribution in [0.25, 0.3) is 6.08 Å². The Balaban J connectivity index is 1.34. The Labute approximate surface area is 169 Å². The Bertz CT molecular complexity index is 877. The number of morpholine rings is 1. The van der Waals surface area contributed by atoms with E-state index in [2.05, 4.69) is 19.8 Å². The van der Waals surface area contributed by atoms with Gasteiger partial charge < -0.3 is 19.4 Å². The third-order valence-corrected chi connectivity index (χ3v) is 5.20. The molecule has 0 N–H and O–H groups in total. The molecule has 0 saturated carbocycles. The molecule has 152 valence electrons. The highest BCUT2D eigenvalue weighted by Crippen LogP contribution is 2.20. The minimum absolute atomic E-state index is 0.107. The number of halogens is 1. The Morgan fingerprint density at radius 2 is 1.62 bits per heavy atom. The molecule has 0 unspecified atom stereocenters. The van der Waals surface area contributed by atoms with Crippen LogP contribution in [-0.4, -0.2) is 73.3 Å². The van der Waals surface area contributed by atoms with Gasteiger partial charge in [0.2, 0.25) is 5.91 Å². The quantitative estimate of drug-likeness (QED) is 0.734. The van der Waals surface area contributed by atoms with Gasteiger partial charge in [0, 0.05) is 57.0 Å². The lowest BCUT2D eigenvalue weighted by Gasteiger charge is -2.35. The number of hydrogen-bond donors (Lipinski definition) is 0. The van der Waals surface area contributed by atoms with E-state index < -0.39 is 0 Å². The topological polar surface area (TPSA) is 61.8 Å². The van der Waals surface area contributed by atoms with Crippen LogP contribution in [0.2, 0.25) is 0 Å². The van der Waals surface area contributed by atoms with Crippen molar-refractivity contribution >= 4 is 23.6 Å². The summed E-state index contributed by atoms with van der Waals surface area (Å²) in [6.45, 7) is 5.65. The van der Waals surface area contributed by atoms with E-state index in [1.165, 1.54) is 18.2 Å². The molecule has 1 aromatic carbocycles. The van der Waals surface area contributed by atoms with Crippen LogP contribution in [0.4, 0.5) is 16.0 Å². The second kappa shape index (κ2) is 9.00. The van der Waals surface area contributed by atoms with E-state index in [0.29, 0.717) is 45.0 Å². The first-order chi connectivity index (χ1) is 14.2. The predicted octanol–water partition coefficient (Wildman–Crippen LogP) is 1.81. The molecule has 29 heavy (non-hydrogen) atoms. The Hall–Kier alpha value is -3.00. The summed E-state index contributed by atoms with van der Waals surface area (Å²) in [6.07, 6.45) is 4.56. The molecule has 0 spiro atoms. The van der Waals surface area contributed by atoms with Crippen molar-refractivity contribution in [2.75, 3.05) is 62.3 Å². The van der Waals surface area contributed by atoms with Crippen LogP contribution in [0.1, 0.15) is 5.56 Å². The number of aromatic nitrogens is 2. The largest absolute Gasteiger partial charge is 0.378 e. The number of piperazine rings is 1. The predicted molar refractivity (Wildman–Crippen MR) is 109 cm³/mol. The van der Waals surface area contributed by atoms with Crippen LogP contribution in [0, 0.1) is 5.82 Å². The third-order valence-electron chi connectivity index (χ3n) is 5.20. The molecule has 2 aliphatic rings. The van der Waals surface area contributed by atoms with Crippen molar-refractivity contribution in [3.05, 3.63) is 54.1 Å². The summed E-state index contributed by atoms with van der Waals surface area (Å²) in [4.78, 5) is 27.4. The third kappa shape index (κ3) is 4.71. The van der Waals surface area contributed by atoms with Gasteiger partial charge in [0.25, 0.3) is 0 Å². The van der Waals surface area contributed by atoms with Gasteiger partial charge in [-0.05, 0) is 12.1 Å². The van der Waals surface area contributed by atoms with E-state index in [0.717, 1.165) is 24.7 Å². The number of anilines is 2. The van der Waals surface area contributed by atoms with E-state index in [1.807, 2.05) is 6.07 Å². The van der Waals surface area contributed by atoms with Gasteiger partial charge in [-0.15, -0.1) is 0 Å². The molecule has 2 fully saturated rings. The smallest absolute Gasteiger partial charge is 0.246 e. The maximum atomic E-state index is 13.7. The second-order valence-corrected chi connectivity index (χ2v) is 7.00. The highest BCUT2D eigenvalue weighted by atomic mass is 19.1. The fourth-order valence-corrected chi connectivity index (χ4v) is 3.51. The normalized spacial score (nSPS) is 17.8. The molecule has 8 heteroatoms. The summed E-state index contributed by atoms with van der Waals surface area (Å²) in [5, 5.41) is 0. The molecule has 4 rings (SSSR count). The maximum Gasteiger partial charge on any atom is 0.246 e. The van der Waals surface area contributed by atoms with Gasteiger partial charge >= 0.3 is 0 Å². The minimum atomic E-state index is -0.332. The Kier molecular flexibility index (Phi) is 6.00. The molecule has 0 atom stereocenters. The van der Waals surface area contributed by atoms with Crippen LogP contribution in [0.5, 0.6) is 0 Å². The van der Waals surface area contributed by atoms with Crippen molar-refractivity contribution in [3.8, 4) is 0 Å². The fraction of sp³-hybridized carbons (Fsp3) is 0.381. The maximum absolute atomic E-state index is 13.7. The summed E-state index contributed by atoms with van der Waals surface area (Å²) >= 11 is 0. The molecule has 3 heterocycles. The molecule has 0 aliphatic carbocycles. The summed E-state index contributed by atoms with van der Waals surface area (Å²) < 4.78 is 19.1. The zero-order valence-corrected chi connectivity index (χ0v) is 16.2. The standard InChI is InChI=1S/C21H24FN5O2/c22-18-4-2-1-3-17(18)5-6-21(28)27-9-7-25(8-10-27)19-15-20(24-16-23-19)26-11-13-29-14-12-26/h1-6,15-16H,7-14H2/b6-5+. The lowest BCUT2D eigenvalue weighted by Crippen LogP contribution is -2.48. The lowest BCUT2D eigenvalue weighted by molar-refractivity contribution is -0.126. The fourth-order valence-electron chi connectivity index (χ4n) is 3.51. The number of nitrogens with zero attached hydrogens (tertiary/aromatic N) is 5. The molecule has 1 aromatic heterocycles. The van der Waals surface area contributed by atoms with Gasteiger partial charge in [-0.3, -0.25) is 4.79 Å². The van der Waals surface area contributed by atoms with Crippen molar-refractivity contribution in [3.63, 3.8) is 0 Å². The molecule has 2 saturated heterocycles. The van der Waals surface area contributed by atoms with Crippen molar-refractivity contribution in [1.82, 2.24) is 14.9 Å². The van der Waals surface area contributed by atoms with Crippen molar-refractivity contribution < 1.29 is 13.9 Å². The van der Waals surface area contributed by atoms with Gasteiger partial charge in [0.15, 0.2) is 0 Å². The highest BCUT2D eigenvalue weighted by molar-refractivity contribution is 5.92. The second-order valence-electron chi connectivity index (χ2n) is 7.00. The highest BCUT2D eigenvalue weighted by Gasteiger charge is 2.22. The Morgan fingerprint density at radius 1 is 0.966 bits per heavy atom. The Morgan fingerprint density at radius 3 is 2.31 bits per heavy atom. The van der Waals surface area contributed by atoms with Crippen LogP contribution in [0.15, 0.2) is 42.7 Å². The van der Waals surface area contributed by atoms with Crippen molar-refractivity contribution in [2.45, 2.75) is 0 Å². The van der Waals surface area contributed by atoms with E-state index in [4.69, 9.17) is 4.74 Å². The average molecular weight is 397 g/mol. The molecular weight excluding hydrogens is 373 g/mol. The molecule has 1 amide bonds. The van der Waals surface area contributed by atoms with E-state index in [9.17, 15) is 9.18 Å². The van der Waals surface area contributed by atoms with Gasteiger partial charge in [-0.1, -0.05) is 18.2 Å². The van der Waals surface area contributed by atoms with E-state index in [-0.39, 0.29) is 11.7 Å². The van der Waals surface area contributed by atoms with Gasteiger partial charge in [0.1, 0.15) is 23.8 Å². The zero-order chi connectivity index (χ0) is 20.1. The zero-order valence-electron chi connectivity index (χ0n) is 16.2. The minimum Gasteiger partial charge on any atom is -0.378 e. The summed E-state index contributed by atoms with van der Waals surface area (Å²) in [6, 6.07) is 8.42. The first-order valence-corrected chi connectivity index (χ1v) is 9.82. The number of hydrogen-bond acceptors (Lipinski definition) is 6. The van der Waals surface area contributed by atoms with Crippen LogP contribution < -0.4 is 9.80 Å². The number of ether oxygens (including phenoxy) is 1. The average Bonchev–Trinajstić information content (AvgIpc) is 2.79. The van der Waals surface area contributed by atoms with Crippen molar-refractivity contribution in [2.24, 2.45) is 0 Å². The molecular formula is C21H24FN5O2. The van der Waals surface area contributed by atoms with E-state index in [1.54, 1.807) is 29.4 Å². The van der Waals surface area contributed by atoms with Gasteiger partial charge in [0.05, 0.1) is 13.2 Å². The molecule has 0 bridgehead atoms. The SMILES string of the molecule is O=C(/C=C/c1ccccc1F)N1CCN(c2cc(N3CCOCC3)ncn2)CC1.